The highest BCUT2D eigenvalue weighted by Gasteiger charge is 2.26. The number of aryl methyl sites for hydroxylation is 3. The monoisotopic (exact) mass is 409 g/mol. The van der Waals surface area contributed by atoms with Crippen LogP contribution in [0.25, 0.3) is 5.52 Å². The first kappa shape index (κ1) is 21.8. The number of nitrogens with zero attached hydrogens (tertiary/aromatic N) is 3. The molecule has 0 aliphatic rings. The van der Waals surface area contributed by atoms with E-state index in [1.807, 2.05) is 50.4 Å². The van der Waals surface area contributed by atoms with Crippen molar-refractivity contribution in [3.05, 3.63) is 67.9 Å². The normalized spacial score (nSPS) is 12.5. The summed E-state index contributed by atoms with van der Waals surface area (Å²) in [6.45, 7) is 12.9. The summed E-state index contributed by atoms with van der Waals surface area (Å²) < 4.78 is 1.89. The number of hydrogen-bond donors (Lipinski definition) is 2. The van der Waals surface area contributed by atoms with Crippen molar-refractivity contribution in [3.8, 4) is 0 Å². The van der Waals surface area contributed by atoms with Crippen LogP contribution in [0.15, 0.2) is 23.0 Å². The molecule has 30 heavy (non-hydrogen) atoms. The van der Waals surface area contributed by atoms with Crippen molar-refractivity contribution in [1.82, 2.24) is 24.8 Å². The molecule has 7 nitrogen and oxygen atoms in total. The van der Waals surface area contributed by atoms with Gasteiger partial charge in [0.25, 0.3) is 11.5 Å². The topological polar surface area (TPSA) is 82.5 Å². The lowest BCUT2D eigenvalue weighted by Gasteiger charge is -2.23. The molecule has 1 atom stereocenters. The summed E-state index contributed by atoms with van der Waals surface area (Å²) >= 11 is 0. The summed E-state index contributed by atoms with van der Waals surface area (Å²) in [5.41, 5.74) is 6.27. The Balaban J connectivity index is 2.02. The number of carbonyl (C=O) groups excluding carboxylic acids is 1. The molecule has 0 spiro atoms. The molecule has 3 rings (SSSR count). The van der Waals surface area contributed by atoms with E-state index in [9.17, 15) is 9.59 Å². The zero-order valence-corrected chi connectivity index (χ0v) is 18.9. The van der Waals surface area contributed by atoms with Gasteiger partial charge >= 0.3 is 0 Å². The van der Waals surface area contributed by atoms with Crippen LogP contribution in [0.2, 0.25) is 0 Å². The first-order chi connectivity index (χ1) is 14.1. The summed E-state index contributed by atoms with van der Waals surface area (Å²) in [5, 5.41) is 7.63. The molecule has 0 saturated carbocycles. The van der Waals surface area contributed by atoms with Gasteiger partial charge in [0.05, 0.1) is 22.5 Å². The van der Waals surface area contributed by atoms with Crippen LogP contribution in [0.4, 0.5) is 0 Å². The molecule has 0 radical (unpaired) electrons. The predicted molar refractivity (Wildman–Crippen MR) is 119 cm³/mol. The minimum absolute atomic E-state index is 0.0977. The van der Waals surface area contributed by atoms with Gasteiger partial charge in [-0.25, -0.2) is 4.52 Å². The maximum atomic E-state index is 13.2. The molecule has 7 heteroatoms. The third kappa shape index (κ3) is 3.89. The summed E-state index contributed by atoms with van der Waals surface area (Å²) in [6.07, 6.45) is 0. The molecule has 1 amide bonds. The Morgan fingerprint density at radius 1 is 1.27 bits per heavy atom. The number of aromatic nitrogens is 3. The second kappa shape index (κ2) is 8.44. The molecule has 160 valence electrons. The molecule has 3 aromatic rings. The lowest BCUT2D eigenvalue weighted by molar-refractivity contribution is 0.0952. The average molecular weight is 410 g/mol. The lowest BCUT2D eigenvalue weighted by atomic mass is 10.1. The van der Waals surface area contributed by atoms with Crippen LogP contribution in [0, 0.1) is 27.7 Å². The molecular weight excluding hydrogens is 378 g/mol. The van der Waals surface area contributed by atoms with Gasteiger partial charge in [-0.2, -0.15) is 5.10 Å². The Kier molecular flexibility index (Phi) is 6.12. The summed E-state index contributed by atoms with van der Waals surface area (Å²) in [7, 11) is 2.06. The van der Waals surface area contributed by atoms with Crippen molar-refractivity contribution in [3.63, 3.8) is 0 Å². The molecule has 0 aliphatic carbocycles. The maximum absolute atomic E-state index is 13.2. The van der Waals surface area contributed by atoms with E-state index in [0.29, 0.717) is 11.1 Å². The van der Waals surface area contributed by atoms with Crippen LogP contribution in [-0.4, -0.2) is 39.0 Å². The molecular formula is C23H31N5O2. The minimum atomic E-state index is -0.201. The number of hydrogen-bond acceptors (Lipinski definition) is 4. The Hall–Kier alpha value is -2.93. The van der Waals surface area contributed by atoms with Gasteiger partial charge in [0.2, 0.25) is 0 Å². The van der Waals surface area contributed by atoms with E-state index < -0.39 is 0 Å². The van der Waals surface area contributed by atoms with Crippen LogP contribution >= 0.6 is 0 Å². The van der Waals surface area contributed by atoms with E-state index in [2.05, 4.69) is 41.2 Å². The Bertz CT molecular complexity index is 1160. The number of H-pyrrole nitrogens is 1. The van der Waals surface area contributed by atoms with Crippen LogP contribution in [0.1, 0.15) is 64.0 Å². The number of fused-ring (bicyclic) bond motifs is 1. The van der Waals surface area contributed by atoms with E-state index in [0.717, 1.165) is 40.3 Å². The fraction of sp³-hybridized carbons (Fsp3) is 0.435. The molecule has 2 N–H and O–H groups in total. The summed E-state index contributed by atoms with van der Waals surface area (Å²) in [4.78, 5) is 30.5. The smallest absolute Gasteiger partial charge is 0.254 e. The third-order valence-corrected chi connectivity index (χ3v) is 5.91. The summed E-state index contributed by atoms with van der Waals surface area (Å²) in [6, 6.07) is 5.87. The van der Waals surface area contributed by atoms with Crippen molar-refractivity contribution in [2.75, 3.05) is 13.6 Å². The Morgan fingerprint density at radius 3 is 2.60 bits per heavy atom. The number of amides is 1. The average Bonchev–Trinajstić information content (AvgIpc) is 2.96. The summed E-state index contributed by atoms with van der Waals surface area (Å²) in [5.74, 6) is -0.201. The standard InChI is InChI=1S/C23H31N5O2/c1-8-27(7)17(6)21-16(5)20(19-10-9-14(3)26-28(19)21)23(30)24-12-18-13(2)11-15(4)25-22(18)29/h9-11,17H,8,12H2,1-7H3,(H,24,30)(H,25,29). The van der Waals surface area contributed by atoms with E-state index in [1.165, 1.54) is 0 Å². The molecule has 0 bridgehead atoms. The van der Waals surface area contributed by atoms with Crippen molar-refractivity contribution < 1.29 is 4.79 Å². The van der Waals surface area contributed by atoms with Gasteiger partial charge in [-0.3, -0.25) is 14.5 Å². The molecule has 0 aliphatic heterocycles. The zero-order chi connectivity index (χ0) is 22.2. The van der Waals surface area contributed by atoms with E-state index >= 15 is 0 Å². The first-order valence-electron chi connectivity index (χ1n) is 10.3. The first-order valence-corrected chi connectivity index (χ1v) is 10.3. The molecule has 3 heterocycles. The Labute approximate surface area is 177 Å². The fourth-order valence-corrected chi connectivity index (χ4v) is 3.98. The predicted octanol–water partition coefficient (Wildman–Crippen LogP) is 3.20. The van der Waals surface area contributed by atoms with Crippen LogP contribution in [0.5, 0.6) is 0 Å². The molecule has 0 fully saturated rings. The van der Waals surface area contributed by atoms with Gasteiger partial charge < -0.3 is 10.3 Å². The Morgan fingerprint density at radius 2 is 1.97 bits per heavy atom. The number of carbonyl (C=O) groups is 1. The molecule has 1 unspecified atom stereocenters. The SMILES string of the molecule is CCN(C)C(C)c1c(C)c(C(=O)NCc2c(C)cc(C)[nH]c2=O)c2ccc(C)nn12. The van der Waals surface area contributed by atoms with E-state index in [1.54, 1.807) is 0 Å². The molecule has 0 aromatic carbocycles. The number of pyridine rings is 1. The van der Waals surface area contributed by atoms with Gasteiger partial charge in [-0.15, -0.1) is 0 Å². The van der Waals surface area contributed by atoms with E-state index in [4.69, 9.17) is 0 Å². The number of aromatic amines is 1. The zero-order valence-electron chi connectivity index (χ0n) is 18.9. The van der Waals surface area contributed by atoms with Crippen LogP contribution in [-0.2, 0) is 6.54 Å². The van der Waals surface area contributed by atoms with Gasteiger partial charge in [0.15, 0.2) is 0 Å². The van der Waals surface area contributed by atoms with Gasteiger partial charge in [0, 0.05) is 23.8 Å². The third-order valence-electron chi connectivity index (χ3n) is 5.91. The fourth-order valence-electron chi connectivity index (χ4n) is 3.98. The van der Waals surface area contributed by atoms with Gasteiger partial charge in [0.1, 0.15) is 0 Å². The highest BCUT2D eigenvalue weighted by molar-refractivity contribution is 6.03. The van der Waals surface area contributed by atoms with Crippen molar-refractivity contribution in [2.24, 2.45) is 0 Å². The lowest BCUT2D eigenvalue weighted by Crippen LogP contribution is -2.28. The minimum Gasteiger partial charge on any atom is -0.348 e. The maximum Gasteiger partial charge on any atom is 0.254 e. The molecule has 3 aromatic heterocycles. The quantitative estimate of drug-likeness (QED) is 0.655. The van der Waals surface area contributed by atoms with Gasteiger partial charge in [-0.1, -0.05) is 6.92 Å². The molecule has 0 saturated heterocycles. The van der Waals surface area contributed by atoms with E-state index in [-0.39, 0.29) is 24.1 Å². The number of nitrogens with one attached hydrogen (secondary N) is 2. The van der Waals surface area contributed by atoms with Crippen molar-refractivity contribution in [1.29, 1.82) is 0 Å². The number of rotatable bonds is 6. The highest BCUT2D eigenvalue weighted by atomic mass is 16.2. The van der Waals surface area contributed by atoms with Crippen LogP contribution < -0.4 is 10.9 Å². The largest absolute Gasteiger partial charge is 0.348 e. The van der Waals surface area contributed by atoms with Crippen molar-refractivity contribution >= 4 is 11.4 Å². The second-order valence-electron chi connectivity index (χ2n) is 8.03. The second-order valence-corrected chi connectivity index (χ2v) is 8.03. The van der Waals surface area contributed by atoms with Crippen LogP contribution in [0.3, 0.4) is 0 Å². The van der Waals surface area contributed by atoms with Gasteiger partial charge in [-0.05, 0) is 77.5 Å². The highest BCUT2D eigenvalue weighted by Crippen LogP contribution is 2.29. The van der Waals surface area contributed by atoms with Crippen molar-refractivity contribution in [2.45, 2.75) is 54.1 Å².